The standard InChI is InChI=1S/C20H26N4O2/c1-15(25)19-13-18-14-23(11-12-24(18)21-19)17-7-9-22(10-8-17)20(26)16-5-3-2-4-6-16/h2-6,13,15,17,25H,7-12,14H2,1H3/t15-/m1/s1. The van der Waals surface area contributed by atoms with E-state index in [0.717, 1.165) is 56.8 Å². The molecule has 1 saturated heterocycles. The van der Waals surface area contributed by atoms with Crippen LogP contribution >= 0.6 is 0 Å². The van der Waals surface area contributed by atoms with E-state index in [1.54, 1.807) is 6.92 Å². The second-order valence-corrected chi connectivity index (χ2v) is 7.32. The molecule has 0 saturated carbocycles. The second kappa shape index (κ2) is 7.21. The van der Waals surface area contributed by atoms with Gasteiger partial charge in [-0.2, -0.15) is 5.10 Å². The van der Waals surface area contributed by atoms with E-state index in [1.165, 1.54) is 5.69 Å². The topological polar surface area (TPSA) is 61.6 Å². The number of hydrogen-bond donors (Lipinski definition) is 1. The minimum Gasteiger partial charge on any atom is -0.387 e. The highest BCUT2D eigenvalue weighted by Crippen LogP contribution is 2.24. The fraction of sp³-hybridized carbons (Fsp3) is 0.500. The van der Waals surface area contributed by atoms with E-state index in [0.29, 0.717) is 6.04 Å². The maximum Gasteiger partial charge on any atom is 0.253 e. The van der Waals surface area contributed by atoms with Crippen molar-refractivity contribution < 1.29 is 9.90 Å². The highest BCUT2D eigenvalue weighted by Gasteiger charge is 2.30. The van der Waals surface area contributed by atoms with Crippen molar-refractivity contribution in [2.75, 3.05) is 19.6 Å². The highest BCUT2D eigenvalue weighted by molar-refractivity contribution is 5.94. The first-order valence-electron chi connectivity index (χ1n) is 9.45. The smallest absolute Gasteiger partial charge is 0.253 e. The van der Waals surface area contributed by atoms with Gasteiger partial charge in [-0.3, -0.25) is 14.4 Å². The average Bonchev–Trinajstić information content (AvgIpc) is 3.12. The van der Waals surface area contributed by atoms with Gasteiger partial charge >= 0.3 is 0 Å². The predicted molar refractivity (Wildman–Crippen MR) is 98.6 cm³/mol. The molecule has 0 spiro atoms. The van der Waals surface area contributed by atoms with Gasteiger partial charge in [0.25, 0.3) is 5.91 Å². The Balaban J connectivity index is 1.36. The molecule has 0 aliphatic carbocycles. The van der Waals surface area contributed by atoms with Crippen LogP contribution in [0.25, 0.3) is 0 Å². The number of carbonyl (C=O) groups is 1. The van der Waals surface area contributed by atoms with Gasteiger partial charge in [0, 0.05) is 37.8 Å². The Labute approximate surface area is 154 Å². The first-order valence-corrected chi connectivity index (χ1v) is 9.45. The number of aliphatic hydroxyl groups is 1. The predicted octanol–water partition coefficient (Wildman–Crippen LogP) is 2.06. The lowest BCUT2D eigenvalue weighted by molar-refractivity contribution is 0.0569. The summed E-state index contributed by atoms with van der Waals surface area (Å²) in [4.78, 5) is 17.1. The number of benzene rings is 1. The number of hydrogen-bond acceptors (Lipinski definition) is 4. The summed E-state index contributed by atoms with van der Waals surface area (Å²) >= 11 is 0. The van der Waals surface area contributed by atoms with Crippen molar-refractivity contribution in [3.8, 4) is 0 Å². The van der Waals surface area contributed by atoms with Crippen molar-refractivity contribution in [1.82, 2.24) is 19.6 Å². The van der Waals surface area contributed by atoms with Crippen LogP contribution in [-0.2, 0) is 13.1 Å². The largest absolute Gasteiger partial charge is 0.387 e. The third-order valence-electron chi connectivity index (χ3n) is 5.56. The molecule has 26 heavy (non-hydrogen) atoms. The molecule has 0 radical (unpaired) electrons. The quantitative estimate of drug-likeness (QED) is 0.916. The molecule has 1 aromatic heterocycles. The molecule has 2 aromatic rings. The number of fused-ring (bicyclic) bond motifs is 1. The van der Waals surface area contributed by atoms with Gasteiger partial charge in [0.15, 0.2) is 0 Å². The molecule has 1 amide bonds. The van der Waals surface area contributed by atoms with E-state index in [2.05, 4.69) is 10.00 Å². The first-order chi connectivity index (χ1) is 12.6. The maximum atomic E-state index is 12.6. The van der Waals surface area contributed by atoms with E-state index in [9.17, 15) is 9.90 Å². The Morgan fingerprint density at radius 2 is 1.88 bits per heavy atom. The molecule has 3 heterocycles. The van der Waals surface area contributed by atoms with Gasteiger partial charge in [-0.1, -0.05) is 18.2 Å². The third-order valence-corrected chi connectivity index (χ3v) is 5.56. The lowest BCUT2D eigenvalue weighted by atomic mass is 10.0. The van der Waals surface area contributed by atoms with E-state index in [1.807, 2.05) is 46.0 Å². The summed E-state index contributed by atoms with van der Waals surface area (Å²) in [7, 11) is 0. The molecule has 6 nitrogen and oxygen atoms in total. The van der Waals surface area contributed by atoms with Crippen molar-refractivity contribution >= 4 is 5.91 Å². The van der Waals surface area contributed by atoms with Crippen LogP contribution in [0.1, 0.15) is 47.6 Å². The van der Waals surface area contributed by atoms with Gasteiger partial charge in [0.1, 0.15) is 0 Å². The number of aromatic nitrogens is 2. The Morgan fingerprint density at radius 1 is 1.15 bits per heavy atom. The molecule has 2 aliphatic heterocycles. The van der Waals surface area contributed by atoms with E-state index in [-0.39, 0.29) is 5.91 Å². The zero-order valence-corrected chi connectivity index (χ0v) is 15.2. The summed E-state index contributed by atoms with van der Waals surface area (Å²) < 4.78 is 2.02. The lowest BCUT2D eigenvalue weighted by Crippen LogP contribution is -2.48. The number of carbonyl (C=O) groups excluding carboxylic acids is 1. The van der Waals surface area contributed by atoms with Crippen molar-refractivity contribution in [2.45, 2.75) is 45.0 Å². The maximum absolute atomic E-state index is 12.6. The van der Waals surface area contributed by atoms with Crippen molar-refractivity contribution in [3.05, 3.63) is 53.3 Å². The summed E-state index contributed by atoms with van der Waals surface area (Å²) in [5, 5.41) is 14.2. The minimum atomic E-state index is -0.520. The number of aliphatic hydroxyl groups excluding tert-OH is 1. The SMILES string of the molecule is C[C@@H](O)c1cc2n(n1)CCN(C1CCN(C(=O)c3ccccc3)CC1)C2. The summed E-state index contributed by atoms with van der Waals surface area (Å²) in [6.07, 6.45) is 1.50. The van der Waals surface area contributed by atoms with Crippen LogP contribution in [0, 0.1) is 0 Å². The Kier molecular flexibility index (Phi) is 4.78. The molecule has 1 N–H and O–H groups in total. The molecule has 1 fully saturated rings. The molecule has 138 valence electrons. The molecule has 2 aliphatic rings. The first kappa shape index (κ1) is 17.2. The van der Waals surface area contributed by atoms with Crippen LogP contribution in [0.5, 0.6) is 0 Å². The molecule has 6 heteroatoms. The number of piperidine rings is 1. The molecule has 4 rings (SSSR count). The summed E-state index contributed by atoms with van der Waals surface area (Å²) in [6, 6.07) is 12.1. The molecule has 0 bridgehead atoms. The third kappa shape index (κ3) is 3.39. The van der Waals surface area contributed by atoms with Crippen molar-refractivity contribution in [2.24, 2.45) is 0 Å². The summed E-state index contributed by atoms with van der Waals surface area (Å²) in [6.45, 7) is 6.10. The second-order valence-electron chi connectivity index (χ2n) is 7.32. The number of likely N-dealkylation sites (tertiary alicyclic amines) is 1. The van der Waals surface area contributed by atoms with Crippen molar-refractivity contribution in [1.29, 1.82) is 0 Å². The van der Waals surface area contributed by atoms with Crippen LogP contribution < -0.4 is 0 Å². The number of rotatable bonds is 3. The monoisotopic (exact) mass is 354 g/mol. The zero-order chi connectivity index (χ0) is 18.1. The minimum absolute atomic E-state index is 0.141. The molecule has 1 atom stereocenters. The van der Waals surface area contributed by atoms with Gasteiger partial charge in [0.2, 0.25) is 0 Å². The fourth-order valence-corrected chi connectivity index (χ4v) is 4.02. The lowest BCUT2D eigenvalue weighted by Gasteiger charge is -2.40. The van der Waals surface area contributed by atoms with Crippen LogP contribution in [0.15, 0.2) is 36.4 Å². The van der Waals surface area contributed by atoms with Gasteiger partial charge in [-0.05, 0) is 38.0 Å². The van der Waals surface area contributed by atoms with Crippen LogP contribution in [0.4, 0.5) is 0 Å². The van der Waals surface area contributed by atoms with Gasteiger partial charge in [-0.15, -0.1) is 0 Å². The average molecular weight is 354 g/mol. The van der Waals surface area contributed by atoms with Crippen molar-refractivity contribution in [3.63, 3.8) is 0 Å². The number of nitrogens with zero attached hydrogens (tertiary/aromatic N) is 4. The van der Waals surface area contributed by atoms with Gasteiger partial charge < -0.3 is 10.0 Å². The Hall–Kier alpha value is -2.18. The summed E-state index contributed by atoms with van der Waals surface area (Å²) in [5.41, 5.74) is 2.71. The van der Waals surface area contributed by atoms with Gasteiger partial charge in [0.05, 0.1) is 24.0 Å². The molecule has 1 aromatic carbocycles. The van der Waals surface area contributed by atoms with Crippen LogP contribution in [0.3, 0.4) is 0 Å². The normalized spacial score (nSPS) is 20.0. The van der Waals surface area contributed by atoms with E-state index >= 15 is 0 Å². The Bertz CT molecular complexity index is 763. The molecular weight excluding hydrogens is 328 g/mol. The fourth-order valence-electron chi connectivity index (χ4n) is 4.02. The number of amides is 1. The van der Waals surface area contributed by atoms with Crippen LogP contribution in [0.2, 0.25) is 0 Å². The van der Waals surface area contributed by atoms with Gasteiger partial charge in [-0.25, -0.2) is 0 Å². The molecule has 0 unspecified atom stereocenters. The van der Waals surface area contributed by atoms with E-state index < -0.39 is 6.10 Å². The molecular formula is C20H26N4O2. The van der Waals surface area contributed by atoms with Crippen LogP contribution in [-0.4, -0.2) is 56.3 Å². The highest BCUT2D eigenvalue weighted by atomic mass is 16.3. The van der Waals surface area contributed by atoms with E-state index in [4.69, 9.17) is 0 Å². The summed E-state index contributed by atoms with van der Waals surface area (Å²) in [5.74, 6) is 0.141. The Morgan fingerprint density at radius 3 is 2.58 bits per heavy atom. The zero-order valence-electron chi connectivity index (χ0n) is 15.2.